The Labute approximate surface area is 617 Å². The van der Waals surface area contributed by atoms with Crippen LogP contribution in [0.5, 0.6) is 23.0 Å². The SMILES string of the molecule is C=C[C@@H]1C[C@]1(NC(=O)[C@@H]1C[C@@H](Oc2cc(-c3ccccc3)nc3cc(OC)ccc23)CN1C(=O)[C@@H](NC(=O)OC1CCCC1)C(C)(C)C)P(=O)(O)O.C=C[C@@H]1C[C@]1(NC(=O)[C@@H]1C[C@@H](Oc2cc(-c3ccccc3)nc3cc(OC)ccc23)CN1C(=O)[C@@H](NC(=O)OC1CCCC1)C(C)(C)C)P(=O)(O)OCC. The number of carbonyl (C=O) groups excluding carboxylic acids is 6. The predicted octanol–water partition coefficient (Wildman–Crippen LogP) is 12.1. The number of pyridine rings is 2. The zero-order valence-corrected chi connectivity index (χ0v) is 63.3. The highest BCUT2D eigenvalue weighted by Gasteiger charge is 2.68. The van der Waals surface area contributed by atoms with Crippen molar-refractivity contribution in [2.45, 2.75) is 185 Å². The van der Waals surface area contributed by atoms with Gasteiger partial charge in [0, 0.05) is 70.8 Å². The van der Waals surface area contributed by atoms with Crippen molar-refractivity contribution < 1.29 is 85.5 Å². The second-order valence-electron chi connectivity index (χ2n) is 30.4. The van der Waals surface area contributed by atoms with Gasteiger partial charge in [0.1, 0.15) is 82.1 Å². The Bertz CT molecular complexity index is 4370. The number of benzene rings is 4. The molecule has 0 bridgehead atoms. The van der Waals surface area contributed by atoms with E-state index in [1.54, 1.807) is 60.1 Å². The number of rotatable bonds is 24. The molecule has 2 aliphatic heterocycles. The van der Waals surface area contributed by atoms with Crippen molar-refractivity contribution in [3.8, 4) is 45.5 Å². The van der Waals surface area contributed by atoms with Crippen LogP contribution in [-0.4, -0.2) is 163 Å². The van der Waals surface area contributed by atoms with E-state index >= 15 is 0 Å². The molecule has 1 unspecified atom stereocenters. The monoisotopic (exact) mass is 1500 g/mol. The Morgan fingerprint density at radius 1 is 0.575 bits per heavy atom. The summed E-state index contributed by atoms with van der Waals surface area (Å²) in [6, 6.07) is 29.3. The molecule has 12 rings (SSSR count). The lowest BCUT2D eigenvalue weighted by atomic mass is 9.85. The van der Waals surface area contributed by atoms with Crippen LogP contribution < -0.4 is 40.2 Å². The van der Waals surface area contributed by atoms with E-state index in [0.29, 0.717) is 56.2 Å². The Kier molecular flexibility index (Phi) is 23.5. The summed E-state index contributed by atoms with van der Waals surface area (Å²) in [7, 11) is -6.01. The first kappa shape index (κ1) is 78.2. The molecule has 0 spiro atoms. The molecule has 2 aromatic heterocycles. The van der Waals surface area contributed by atoms with E-state index in [1.165, 1.54) is 22.0 Å². The van der Waals surface area contributed by atoms with Crippen LogP contribution >= 0.6 is 15.2 Å². The highest BCUT2D eigenvalue weighted by atomic mass is 31.2. The summed E-state index contributed by atoms with van der Waals surface area (Å²) in [5.74, 6) is -1.38. The average molecular weight is 1500 g/mol. The summed E-state index contributed by atoms with van der Waals surface area (Å²) < 4.78 is 66.9. The van der Waals surface area contributed by atoms with Crippen molar-refractivity contribution in [3.63, 3.8) is 0 Å². The second kappa shape index (κ2) is 31.9. The maximum Gasteiger partial charge on any atom is 0.408 e. The van der Waals surface area contributed by atoms with Crippen molar-refractivity contribution in [3.05, 3.63) is 135 Å². The van der Waals surface area contributed by atoms with Gasteiger partial charge in [-0.1, -0.05) is 114 Å². The first-order chi connectivity index (χ1) is 50.3. The van der Waals surface area contributed by atoms with E-state index in [9.17, 15) is 52.6 Å². The summed E-state index contributed by atoms with van der Waals surface area (Å²) in [4.78, 5) is 128. The summed E-state index contributed by atoms with van der Waals surface area (Å²) in [5.41, 5.74) is 2.68. The topological polar surface area (TPSA) is 342 Å². The number of aromatic nitrogens is 2. The van der Waals surface area contributed by atoms with E-state index in [1.807, 2.05) is 112 Å². The normalized spacial score (nSPS) is 24.1. The summed E-state index contributed by atoms with van der Waals surface area (Å²) in [6.45, 7) is 19.8. The number of nitrogens with zero attached hydrogens (tertiary/aromatic N) is 4. The van der Waals surface area contributed by atoms with Crippen LogP contribution in [0.1, 0.15) is 126 Å². The molecule has 28 heteroatoms. The Balaban J connectivity index is 0.000000212. The Hall–Kier alpha value is -8.90. The third kappa shape index (κ3) is 17.2. The Morgan fingerprint density at radius 2 is 0.962 bits per heavy atom. The van der Waals surface area contributed by atoms with Gasteiger partial charge < -0.3 is 78.7 Å². The van der Waals surface area contributed by atoms with E-state index in [4.69, 9.17) is 42.9 Å². The van der Waals surface area contributed by atoms with Crippen LogP contribution in [-0.2, 0) is 42.3 Å². The molecule has 26 nitrogen and oxygen atoms in total. The van der Waals surface area contributed by atoms with Crippen molar-refractivity contribution in [1.29, 1.82) is 0 Å². The van der Waals surface area contributed by atoms with Gasteiger partial charge in [-0.25, -0.2) is 19.6 Å². The molecule has 568 valence electrons. The smallest absolute Gasteiger partial charge is 0.408 e. The van der Waals surface area contributed by atoms with Gasteiger partial charge in [0.25, 0.3) is 0 Å². The van der Waals surface area contributed by atoms with Gasteiger partial charge in [-0.2, -0.15) is 0 Å². The minimum atomic E-state index is -4.81. The fraction of sp³-hybridized carbons (Fsp3) is 0.487. The fourth-order valence-corrected chi connectivity index (χ4v) is 17.8. The summed E-state index contributed by atoms with van der Waals surface area (Å²) >= 11 is 0. The van der Waals surface area contributed by atoms with Crippen LogP contribution in [0.15, 0.2) is 135 Å². The summed E-state index contributed by atoms with van der Waals surface area (Å²) in [6.07, 6.45) is 6.81. The lowest BCUT2D eigenvalue weighted by Gasteiger charge is -2.35. The molecule has 2 saturated heterocycles. The Morgan fingerprint density at radius 3 is 1.31 bits per heavy atom. The molecule has 4 saturated carbocycles. The lowest BCUT2D eigenvalue weighted by molar-refractivity contribution is -0.142. The van der Waals surface area contributed by atoms with Gasteiger partial charge in [-0.05, 0) is 106 Å². The van der Waals surface area contributed by atoms with Crippen molar-refractivity contribution in [2.75, 3.05) is 33.9 Å². The standard InChI is InChI=1S/C40H51N4O9P.C38H47N4O9P/c1-7-26-23-40(26,54(48,49)51-8-2)43-36(45)33-21-29(24-44(33)37(46)35(39(3,4)5)42-38(47)53-27-16-12-13-17-27)52-34-22-31(25-14-10-9-11-15-25)41-32-20-28(50-6)18-19-30(32)34;1-6-24-21-38(24,52(46,47)48)41-34(43)31-19-27(22-42(31)35(44)33(37(2,3)4)40-36(45)51-25-14-10-11-15-25)50-32-20-29(23-12-8-7-9-13-23)39-30-18-26(49-5)16-17-28(30)32/h7,9-11,14-15,18-20,22,26-27,29,33,35H,1,8,12-13,16-17,21,23-24H2,2-6H3,(H,42,47)(H,43,45)(H,48,49);6-9,12-13,16-18,20,24-25,27,31,33H,1,10-11,14-15,19,21-22H2,2-5H3,(H,40,45)(H,41,43)(H2,46,47,48)/t26-,29-,33+,35-,40+;24-,27-,31+,33-,38+/m11/s1. The molecular formula is C78H98N8O18P2. The molecule has 7 N–H and O–H groups in total. The maximum absolute atomic E-state index is 14.7. The third-order valence-corrected chi connectivity index (χ3v) is 24.7. The number of methoxy groups -OCH3 is 2. The van der Waals surface area contributed by atoms with Crippen molar-refractivity contribution in [1.82, 2.24) is 41.0 Å². The van der Waals surface area contributed by atoms with Crippen LogP contribution in [0, 0.1) is 22.7 Å². The van der Waals surface area contributed by atoms with Crippen molar-refractivity contribution >= 4 is 72.8 Å². The minimum absolute atomic E-state index is 0.0103. The highest BCUT2D eigenvalue weighted by molar-refractivity contribution is 7.55. The van der Waals surface area contributed by atoms with Gasteiger partial charge in [0.2, 0.25) is 23.6 Å². The second-order valence-corrected chi connectivity index (χ2v) is 34.4. The van der Waals surface area contributed by atoms with Gasteiger partial charge >= 0.3 is 27.4 Å². The summed E-state index contributed by atoms with van der Waals surface area (Å²) in [5, 5.41) is 8.98. The molecule has 6 aliphatic rings. The van der Waals surface area contributed by atoms with E-state index in [-0.39, 0.29) is 57.6 Å². The molecule has 4 heterocycles. The number of ether oxygens (including phenoxy) is 6. The number of carbonyl (C=O) groups is 6. The number of fused-ring (bicyclic) bond motifs is 2. The van der Waals surface area contributed by atoms with Crippen LogP contribution in [0.25, 0.3) is 44.3 Å². The number of nitrogens with one attached hydrogen (secondary N) is 4. The minimum Gasteiger partial charge on any atom is -0.497 e. The van der Waals surface area contributed by atoms with Gasteiger partial charge in [-0.15, -0.1) is 13.2 Å². The van der Waals surface area contributed by atoms with Gasteiger partial charge in [0.15, 0.2) is 0 Å². The number of hydrogen-bond donors (Lipinski definition) is 7. The predicted molar refractivity (Wildman–Crippen MR) is 399 cm³/mol. The number of amides is 6. The zero-order valence-electron chi connectivity index (χ0n) is 61.5. The first-order valence-electron chi connectivity index (χ1n) is 36.2. The van der Waals surface area contributed by atoms with E-state index in [2.05, 4.69) is 34.4 Å². The van der Waals surface area contributed by atoms with E-state index in [0.717, 1.165) is 62.5 Å². The molecule has 4 aromatic carbocycles. The zero-order chi connectivity index (χ0) is 76.3. The quantitative estimate of drug-likeness (QED) is 0.0219. The maximum atomic E-state index is 14.7. The molecule has 6 aromatic rings. The molecular weight excluding hydrogens is 1400 g/mol. The third-order valence-electron chi connectivity index (χ3n) is 20.8. The molecule has 6 amide bonds. The van der Waals surface area contributed by atoms with Gasteiger partial charge in [-0.3, -0.25) is 28.3 Å². The van der Waals surface area contributed by atoms with Crippen molar-refractivity contribution in [2.24, 2.45) is 22.7 Å². The average Bonchev–Trinajstić information content (AvgIpc) is 1.56. The van der Waals surface area contributed by atoms with Crippen LogP contribution in [0.2, 0.25) is 0 Å². The van der Waals surface area contributed by atoms with Crippen LogP contribution in [0.3, 0.4) is 0 Å². The molecule has 106 heavy (non-hydrogen) atoms. The van der Waals surface area contributed by atoms with Crippen LogP contribution in [0.4, 0.5) is 9.59 Å². The molecule has 4 aliphatic carbocycles. The highest BCUT2D eigenvalue weighted by Crippen LogP contribution is 2.70. The fourth-order valence-electron chi connectivity index (χ4n) is 14.8. The lowest BCUT2D eigenvalue weighted by Crippen LogP contribution is -2.58. The largest absolute Gasteiger partial charge is 0.497 e. The number of alkyl carbamates (subject to hydrolysis) is 2. The first-order valence-corrected chi connectivity index (χ1v) is 39.4. The van der Waals surface area contributed by atoms with Gasteiger partial charge in [0.05, 0.1) is 56.3 Å². The number of hydrogen-bond acceptors (Lipinski definition) is 17. The molecule has 11 atom stereocenters. The molecule has 6 fully saturated rings. The number of likely N-dealkylation sites (tertiary alicyclic amines) is 2. The molecule has 0 radical (unpaired) electrons. The van der Waals surface area contributed by atoms with E-state index < -0.39 is 121 Å².